The SMILES string of the molecule is CCCCC/C=C\CCCCCCCC(=O)OCCCCCCCCCCCCCCCCC/C=C\C/C=C\CCCCCCCCCCCCCCCCCCCC(=O)NC(CO)C(O)CCCCCCCCCCCCCCCCCCCCC. The monoisotopic (exact) mass is 1220 g/mol. The summed E-state index contributed by atoms with van der Waals surface area (Å²) in [5.74, 6) is -0.0167. The number of hydrogen-bond donors (Lipinski definition) is 3. The van der Waals surface area contributed by atoms with Crippen LogP contribution < -0.4 is 5.32 Å². The van der Waals surface area contributed by atoms with Crippen LogP contribution in [0.3, 0.4) is 0 Å². The topological polar surface area (TPSA) is 95.9 Å². The smallest absolute Gasteiger partial charge is 0.305 e. The summed E-state index contributed by atoms with van der Waals surface area (Å²) in [5.41, 5.74) is 0. The number of nitrogens with one attached hydrogen (secondary N) is 1. The Morgan fingerprint density at radius 2 is 0.575 bits per heavy atom. The largest absolute Gasteiger partial charge is 0.466 e. The predicted molar refractivity (Wildman–Crippen MR) is 384 cm³/mol. The molecule has 2 atom stereocenters. The van der Waals surface area contributed by atoms with E-state index in [1.165, 1.54) is 360 Å². The Morgan fingerprint density at radius 1 is 0.322 bits per heavy atom. The lowest BCUT2D eigenvalue weighted by Gasteiger charge is -2.22. The molecule has 87 heavy (non-hydrogen) atoms. The maximum atomic E-state index is 12.6. The molecule has 0 aliphatic carbocycles. The van der Waals surface area contributed by atoms with Crippen LogP contribution in [0.4, 0.5) is 0 Å². The van der Waals surface area contributed by atoms with Gasteiger partial charge >= 0.3 is 5.97 Å². The van der Waals surface area contributed by atoms with E-state index in [0.717, 1.165) is 51.4 Å². The first kappa shape index (κ1) is 85.1. The molecule has 1 amide bonds. The number of amides is 1. The van der Waals surface area contributed by atoms with Gasteiger partial charge in [-0.3, -0.25) is 9.59 Å². The molecule has 0 spiro atoms. The predicted octanol–water partition coefficient (Wildman–Crippen LogP) is 26.2. The van der Waals surface area contributed by atoms with Crippen LogP contribution in [0.1, 0.15) is 444 Å². The fourth-order valence-corrected chi connectivity index (χ4v) is 12.6. The van der Waals surface area contributed by atoms with Crippen LogP contribution in [0.5, 0.6) is 0 Å². The summed E-state index contributed by atoms with van der Waals surface area (Å²) in [6.07, 6.45) is 99.6. The number of rotatable bonds is 75. The first-order chi connectivity index (χ1) is 43.0. The van der Waals surface area contributed by atoms with Gasteiger partial charge in [-0.05, 0) is 83.5 Å². The standard InChI is InChI=1S/C81H155NO5/c1-3-5-7-9-11-13-15-17-18-19-41-44-47-50-53-57-61-65-69-73-79(84)78(77-83)82-80(85)74-70-66-62-58-54-51-48-45-42-39-37-35-33-31-29-27-25-23-21-20-22-24-26-28-30-32-34-36-38-40-43-46-49-52-56-60-64-68-72-76-87-81(86)75-71-67-63-59-55-16-14-12-10-8-6-4-2/h12,14,20-21,24,26,78-79,83-84H,3-11,13,15-19,22-23,25,27-77H2,1-2H3,(H,82,85)/b14-12-,21-20-,26-24-. The van der Waals surface area contributed by atoms with Gasteiger partial charge in [-0.2, -0.15) is 0 Å². The zero-order chi connectivity index (χ0) is 62.8. The number of carbonyl (C=O) groups excluding carboxylic acids is 2. The molecule has 0 saturated carbocycles. The van der Waals surface area contributed by atoms with Gasteiger partial charge in [0.05, 0.1) is 25.4 Å². The summed E-state index contributed by atoms with van der Waals surface area (Å²) >= 11 is 0. The number of esters is 1. The fraction of sp³-hybridized carbons (Fsp3) is 0.901. The zero-order valence-electron chi connectivity index (χ0n) is 59.0. The van der Waals surface area contributed by atoms with Crippen molar-refractivity contribution in [2.75, 3.05) is 13.2 Å². The highest BCUT2D eigenvalue weighted by molar-refractivity contribution is 5.76. The summed E-state index contributed by atoms with van der Waals surface area (Å²) < 4.78 is 5.48. The molecule has 2 unspecified atom stereocenters. The summed E-state index contributed by atoms with van der Waals surface area (Å²) in [7, 11) is 0. The van der Waals surface area contributed by atoms with Crippen molar-refractivity contribution in [2.45, 2.75) is 456 Å². The lowest BCUT2D eigenvalue weighted by Crippen LogP contribution is -2.45. The molecule has 0 fully saturated rings. The Bertz CT molecular complexity index is 1410. The molecule has 514 valence electrons. The number of allylic oxidation sites excluding steroid dienone is 6. The van der Waals surface area contributed by atoms with E-state index in [1.807, 2.05) is 0 Å². The minimum atomic E-state index is -0.663. The third-order valence-electron chi connectivity index (χ3n) is 18.7. The summed E-state index contributed by atoms with van der Waals surface area (Å²) in [4.78, 5) is 24.6. The number of carbonyl (C=O) groups is 2. The molecule has 0 aromatic heterocycles. The van der Waals surface area contributed by atoms with Crippen molar-refractivity contribution in [3.05, 3.63) is 36.5 Å². The summed E-state index contributed by atoms with van der Waals surface area (Å²) in [6.45, 7) is 4.97. The molecule has 0 bridgehead atoms. The minimum Gasteiger partial charge on any atom is -0.466 e. The summed E-state index contributed by atoms with van der Waals surface area (Å²) in [5, 5.41) is 23.4. The normalized spacial score (nSPS) is 12.6. The second-order valence-electron chi connectivity index (χ2n) is 27.4. The van der Waals surface area contributed by atoms with Crippen LogP contribution in [0.15, 0.2) is 36.5 Å². The van der Waals surface area contributed by atoms with E-state index < -0.39 is 12.1 Å². The zero-order valence-corrected chi connectivity index (χ0v) is 59.0. The van der Waals surface area contributed by atoms with Crippen molar-refractivity contribution < 1.29 is 24.5 Å². The van der Waals surface area contributed by atoms with E-state index >= 15 is 0 Å². The van der Waals surface area contributed by atoms with E-state index in [2.05, 4.69) is 55.6 Å². The van der Waals surface area contributed by atoms with Crippen LogP contribution in [0.25, 0.3) is 0 Å². The Morgan fingerprint density at radius 3 is 0.908 bits per heavy atom. The Labute approximate surface area is 544 Å². The fourth-order valence-electron chi connectivity index (χ4n) is 12.6. The van der Waals surface area contributed by atoms with E-state index in [4.69, 9.17) is 4.74 Å². The molecule has 0 heterocycles. The van der Waals surface area contributed by atoms with Crippen LogP contribution in [-0.2, 0) is 14.3 Å². The lowest BCUT2D eigenvalue weighted by atomic mass is 10.0. The van der Waals surface area contributed by atoms with E-state index in [-0.39, 0.29) is 18.5 Å². The maximum Gasteiger partial charge on any atom is 0.305 e. The van der Waals surface area contributed by atoms with Gasteiger partial charge < -0.3 is 20.3 Å². The molecule has 3 N–H and O–H groups in total. The highest BCUT2D eigenvalue weighted by Crippen LogP contribution is 2.20. The number of unbranched alkanes of at least 4 members (excludes halogenated alkanes) is 58. The number of aliphatic hydroxyl groups is 2. The molecular formula is C81H155NO5. The highest BCUT2D eigenvalue weighted by atomic mass is 16.5. The minimum absolute atomic E-state index is 0.0107. The van der Waals surface area contributed by atoms with Gasteiger partial charge in [-0.15, -0.1) is 0 Å². The average molecular weight is 1220 g/mol. The van der Waals surface area contributed by atoms with Gasteiger partial charge in [-0.1, -0.05) is 384 Å². The maximum absolute atomic E-state index is 12.6. The van der Waals surface area contributed by atoms with Crippen molar-refractivity contribution in [1.29, 1.82) is 0 Å². The van der Waals surface area contributed by atoms with E-state index in [0.29, 0.717) is 25.9 Å². The van der Waals surface area contributed by atoms with Gasteiger partial charge in [0, 0.05) is 12.8 Å². The molecule has 0 radical (unpaired) electrons. The molecule has 0 aliphatic rings. The van der Waals surface area contributed by atoms with Crippen molar-refractivity contribution in [2.24, 2.45) is 0 Å². The third kappa shape index (κ3) is 73.0. The molecule has 0 saturated heterocycles. The van der Waals surface area contributed by atoms with Gasteiger partial charge in [0.2, 0.25) is 5.91 Å². The molecule has 0 rings (SSSR count). The van der Waals surface area contributed by atoms with Crippen LogP contribution in [-0.4, -0.2) is 47.4 Å². The molecule has 0 aromatic rings. The van der Waals surface area contributed by atoms with Crippen LogP contribution in [0, 0.1) is 0 Å². The quantitative estimate of drug-likeness (QED) is 0.0320. The highest BCUT2D eigenvalue weighted by Gasteiger charge is 2.20. The lowest BCUT2D eigenvalue weighted by molar-refractivity contribution is -0.143. The van der Waals surface area contributed by atoms with Crippen molar-refractivity contribution in [1.82, 2.24) is 5.32 Å². The average Bonchev–Trinajstić information content (AvgIpc) is 3.52. The summed E-state index contributed by atoms with van der Waals surface area (Å²) in [6, 6.07) is -0.540. The molecule has 6 heteroatoms. The Kier molecular flexibility index (Phi) is 74.8. The second kappa shape index (κ2) is 76.5. The first-order valence-corrected chi connectivity index (χ1v) is 39.7. The number of hydrogen-bond acceptors (Lipinski definition) is 5. The van der Waals surface area contributed by atoms with Gasteiger partial charge in [0.15, 0.2) is 0 Å². The molecule has 6 nitrogen and oxygen atoms in total. The van der Waals surface area contributed by atoms with Gasteiger partial charge in [0.1, 0.15) is 0 Å². The van der Waals surface area contributed by atoms with Crippen molar-refractivity contribution >= 4 is 11.9 Å². The number of ether oxygens (including phenoxy) is 1. The van der Waals surface area contributed by atoms with Crippen molar-refractivity contribution in [3.63, 3.8) is 0 Å². The first-order valence-electron chi connectivity index (χ1n) is 39.7. The van der Waals surface area contributed by atoms with E-state index in [1.54, 1.807) is 0 Å². The third-order valence-corrected chi connectivity index (χ3v) is 18.7. The number of aliphatic hydroxyl groups excluding tert-OH is 2. The van der Waals surface area contributed by atoms with Crippen LogP contribution >= 0.6 is 0 Å². The molecule has 0 aromatic carbocycles. The molecular weight excluding hydrogens is 1070 g/mol. The Hall–Kier alpha value is -1.92. The van der Waals surface area contributed by atoms with Crippen LogP contribution in [0.2, 0.25) is 0 Å². The van der Waals surface area contributed by atoms with Gasteiger partial charge in [0.25, 0.3) is 0 Å². The molecule has 0 aliphatic heterocycles. The Balaban J connectivity index is 3.36. The second-order valence-corrected chi connectivity index (χ2v) is 27.4. The van der Waals surface area contributed by atoms with E-state index in [9.17, 15) is 19.8 Å². The van der Waals surface area contributed by atoms with Crippen molar-refractivity contribution in [3.8, 4) is 0 Å². The van der Waals surface area contributed by atoms with Gasteiger partial charge in [-0.25, -0.2) is 0 Å².